The molecule has 4 nitrogen and oxygen atoms in total. The number of benzene rings is 5. The van der Waals surface area contributed by atoms with Gasteiger partial charge in [-0.2, -0.15) is 0 Å². The van der Waals surface area contributed by atoms with Crippen LogP contribution in [-0.2, 0) is 5.41 Å². The van der Waals surface area contributed by atoms with Gasteiger partial charge in [-0.3, -0.25) is 0 Å². The third-order valence-electron chi connectivity index (χ3n) is 11.9. The van der Waals surface area contributed by atoms with Crippen molar-refractivity contribution in [1.29, 1.82) is 0 Å². The zero-order valence-corrected chi connectivity index (χ0v) is 26.7. The second-order valence-corrected chi connectivity index (χ2v) is 14.8. The molecule has 8 aromatic rings. The fourth-order valence-electron chi connectivity index (χ4n) is 10.2. The van der Waals surface area contributed by atoms with Crippen LogP contribution in [0.1, 0.15) is 44.1 Å². The Labute approximate surface area is 278 Å². The summed E-state index contributed by atoms with van der Waals surface area (Å²) in [5.41, 5.74) is 9.94. The van der Waals surface area contributed by atoms with E-state index in [9.17, 15) is 0 Å². The van der Waals surface area contributed by atoms with E-state index in [1.54, 1.807) is 0 Å². The van der Waals surface area contributed by atoms with Gasteiger partial charge in [-0.1, -0.05) is 84.9 Å². The maximum Gasteiger partial charge on any atom is 0.164 e. The van der Waals surface area contributed by atoms with E-state index in [1.807, 2.05) is 24.3 Å². The molecule has 3 aromatic heterocycles. The minimum absolute atomic E-state index is 0.364. The van der Waals surface area contributed by atoms with Crippen molar-refractivity contribution < 1.29 is 8.83 Å². The highest BCUT2D eigenvalue weighted by Crippen LogP contribution is 2.60. The standard InChI is InChI=1S/C44H34N2O2/c1-3-13-39-31(7-1)33-9-5-11-35(41(33)47-39)38-22-37(29-15-17-30(18-16-29)44-23-26-19-27(24-44)21-28(20-26)25-44)45-43(46-38)36-12-6-10-34-32-8-2-4-14-40(32)48-42(34)36/h1-18,22,26-28H,19-21,23-25H2. The van der Waals surface area contributed by atoms with Gasteiger partial charge < -0.3 is 8.83 Å². The Morgan fingerprint density at radius 1 is 0.500 bits per heavy atom. The van der Waals surface area contributed by atoms with E-state index in [-0.39, 0.29) is 0 Å². The lowest BCUT2D eigenvalue weighted by Gasteiger charge is -2.57. The van der Waals surface area contributed by atoms with Gasteiger partial charge in [0.2, 0.25) is 0 Å². The van der Waals surface area contributed by atoms with Crippen LogP contribution >= 0.6 is 0 Å². The molecule has 0 N–H and O–H groups in total. The first-order valence-electron chi connectivity index (χ1n) is 17.5. The number of hydrogen-bond donors (Lipinski definition) is 0. The van der Waals surface area contributed by atoms with Crippen LogP contribution in [0.15, 0.2) is 124 Å². The third kappa shape index (κ3) is 3.95. The maximum atomic E-state index is 6.49. The molecule has 0 aliphatic heterocycles. The SMILES string of the molecule is c1ccc2c(c1)oc1c(-c3cc(-c4ccc(C56CC7CC(CC(C7)C5)C6)cc4)nc(-c4cccc5c4oc4ccccc45)n3)cccc12. The smallest absolute Gasteiger partial charge is 0.164 e. The van der Waals surface area contributed by atoms with Crippen LogP contribution in [-0.4, -0.2) is 9.97 Å². The highest BCUT2D eigenvalue weighted by molar-refractivity contribution is 6.10. The first-order chi connectivity index (χ1) is 23.7. The minimum Gasteiger partial charge on any atom is -0.455 e. The van der Waals surface area contributed by atoms with Crippen molar-refractivity contribution in [3.63, 3.8) is 0 Å². The van der Waals surface area contributed by atoms with Gasteiger partial charge in [-0.15, -0.1) is 0 Å². The molecule has 4 saturated carbocycles. The molecule has 4 heteroatoms. The van der Waals surface area contributed by atoms with Gasteiger partial charge in [0.15, 0.2) is 5.82 Å². The van der Waals surface area contributed by atoms with Gasteiger partial charge in [0, 0.05) is 32.7 Å². The summed E-state index contributed by atoms with van der Waals surface area (Å²) in [6.45, 7) is 0. The quantitative estimate of drug-likeness (QED) is 0.196. The van der Waals surface area contributed by atoms with Crippen LogP contribution in [0.3, 0.4) is 0 Å². The monoisotopic (exact) mass is 622 g/mol. The molecule has 4 bridgehead atoms. The van der Waals surface area contributed by atoms with Crippen molar-refractivity contribution in [2.75, 3.05) is 0 Å². The first-order valence-corrected chi connectivity index (χ1v) is 17.5. The molecule has 232 valence electrons. The summed E-state index contributed by atoms with van der Waals surface area (Å²) < 4.78 is 13.0. The fraction of sp³-hybridized carbons (Fsp3) is 0.227. The van der Waals surface area contributed by atoms with Gasteiger partial charge in [-0.05, 0) is 97.6 Å². The fourth-order valence-corrected chi connectivity index (χ4v) is 10.2. The molecule has 4 fully saturated rings. The van der Waals surface area contributed by atoms with Crippen LogP contribution in [0.5, 0.6) is 0 Å². The predicted molar refractivity (Wildman–Crippen MR) is 193 cm³/mol. The summed E-state index contributed by atoms with van der Waals surface area (Å²) in [6.07, 6.45) is 8.47. The van der Waals surface area contributed by atoms with Crippen LogP contribution in [0.2, 0.25) is 0 Å². The largest absolute Gasteiger partial charge is 0.455 e. The van der Waals surface area contributed by atoms with Crippen LogP contribution < -0.4 is 0 Å². The highest BCUT2D eigenvalue weighted by Gasteiger charge is 2.51. The zero-order valence-electron chi connectivity index (χ0n) is 26.7. The summed E-state index contributed by atoms with van der Waals surface area (Å²) in [7, 11) is 0. The average molecular weight is 623 g/mol. The molecule has 0 atom stereocenters. The summed E-state index contributed by atoms with van der Waals surface area (Å²) in [6, 6.07) is 40.6. The van der Waals surface area contributed by atoms with E-state index in [4.69, 9.17) is 18.8 Å². The molecule has 0 saturated heterocycles. The van der Waals surface area contributed by atoms with E-state index in [0.717, 1.165) is 89.7 Å². The molecular weight excluding hydrogens is 588 g/mol. The van der Waals surface area contributed by atoms with E-state index >= 15 is 0 Å². The Morgan fingerprint density at radius 3 is 1.65 bits per heavy atom. The van der Waals surface area contributed by atoms with Gasteiger partial charge in [-0.25, -0.2) is 9.97 Å². The number of fused-ring (bicyclic) bond motifs is 6. The third-order valence-corrected chi connectivity index (χ3v) is 11.9. The number of nitrogens with zero attached hydrogens (tertiary/aromatic N) is 2. The minimum atomic E-state index is 0.364. The number of rotatable bonds is 4. The number of furan rings is 2. The lowest BCUT2D eigenvalue weighted by atomic mass is 9.48. The maximum absolute atomic E-state index is 6.49. The van der Waals surface area contributed by atoms with Crippen molar-refractivity contribution in [2.45, 2.75) is 43.9 Å². The topological polar surface area (TPSA) is 52.1 Å². The van der Waals surface area contributed by atoms with E-state index in [0.29, 0.717) is 11.2 Å². The Bertz CT molecular complexity index is 2390. The van der Waals surface area contributed by atoms with Gasteiger partial charge in [0.1, 0.15) is 22.3 Å². The molecule has 0 spiro atoms. The molecule has 3 heterocycles. The van der Waals surface area contributed by atoms with E-state index in [1.165, 1.54) is 44.1 Å². The number of hydrogen-bond acceptors (Lipinski definition) is 4. The predicted octanol–water partition coefficient (Wildman–Crippen LogP) is 11.7. The van der Waals surface area contributed by atoms with Crippen molar-refractivity contribution in [3.8, 4) is 33.9 Å². The molecular formula is C44H34N2O2. The number of para-hydroxylation sites is 4. The van der Waals surface area contributed by atoms with Gasteiger partial charge in [0.25, 0.3) is 0 Å². The summed E-state index contributed by atoms with van der Waals surface area (Å²) in [4.78, 5) is 10.5. The summed E-state index contributed by atoms with van der Waals surface area (Å²) in [5.74, 6) is 3.41. The summed E-state index contributed by atoms with van der Waals surface area (Å²) in [5, 5.41) is 4.36. The molecule has 0 unspecified atom stereocenters. The second-order valence-electron chi connectivity index (χ2n) is 14.8. The first kappa shape index (κ1) is 26.8. The Hall–Kier alpha value is -5.22. The Kier molecular flexibility index (Phi) is 5.53. The normalized spacial score (nSPS) is 23.2. The molecule has 0 amide bonds. The average Bonchev–Trinajstić information content (AvgIpc) is 3.70. The summed E-state index contributed by atoms with van der Waals surface area (Å²) >= 11 is 0. The molecule has 4 aliphatic carbocycles. The molecule has 48 heavy (non-hydrogen) atoms. The number of aromatic nitrogens is 2. The zero-order chi connectivity index (χ0) is 31.4. The Morgan fingerprint density at radius 2 is 1.02 bits per heavy atom. The van der Waals surface area contributed by atoms with E-state index in [2.05, 4.69) is 91.0 Å². The lowest BCUT2D eigenvalue weighted by molar-refractivity contribution is -0.00518. The van der Waals surface area contributed by atoms with E-state index < -0.39 is 0 Å². The van der Waals surface area contributed by atoms with Gasteiger partial charge in [0.05, 0.1) is 17.0 Å². The van der Waals surface area contributed by atoms with Crippen molar-refractivity contribution in [2.24, 2.45) is 17.8 Å². The van der Waals surface area contributed by atoms with Gasteiger partial charge >= 0.3 is 0 Å². The van der Waals surface area contributed by atoms with Crippen LogP contribution in [0.25, 0.3) is 77.8 Å². The van der Waals surface area contributed by atoms with Crippen LogP contribution in [0, 0.1) is 17.8 Å². The molecule has 0 radical (unpaired) electrons. The Balaban J connectivity index is 1.10. The highest BCUT2D eigenvalue weighted by atomic mass is 16.3. The molecule has 12 rings (SSSR count). The van der Waals surface area contributed by atoms with Crippen molar-refractivity contribution in [3.05, 3.63) is 121 Å². The molecule has 4 aliphatic rings. The molecule has 5 aromatic carbocycles. The van der Waals surface area contributed by atoms with Crippen LogP contribution in [0.4, 0.5) is 0 Å². The second kappa shape index (κ2) is 9.90. The lowest BCUT2D eigenvalue weighted by Crippen LogP contribution is -2.48. The van der Waals surface area contributed by atoms with Crippen molar-refractivity contribution >= 4 is 43.9 Å². The van der Waals surface area contributed by atoms with Crippen molar-refractivity contribution in [1.82, 2.24) is 9.97 Å².